The standard InChI is InChI=1S/C17H16Cl2F2N2O2/c18-12-7-22-8-13(19)16(12)23-6-11-3-4-14(25-17(20)21)15(5-11)24-9-10-1-2-10/h3-5,7-8,10,17H,1-2,6,9H2,(H,22,23). The third kappa shape index (κ3) is 5.09. The lowest BCUT2D eigenvalue weighted by atomic mass is 10.2. The first-order chi connectivity index (χ1) is 12.0. The number of nitrogens with one attached hydrogen (secondary N) is 1. The fourth-order valence-corrected chi connectivity index (χ4v) is 2.73. The number of nitrogens with zero attached hydrogens (tertiary/aromatic N) is 1. The summed E-state index contributed by atoms with van der Waals surface area (Å²) < 4.78 is 35.3. The molecule has 0 amide bonds. The average Bonchev–Trinajstić information content (AvgIpc) is 3.38. The number of ether oxygens (including phenoxy) is 2. The maximum atomic E-state index is 12.5. The summed E-state index contributed by atoms with van der Waals surface area (Å²) >= 11 is 12.1. The van der Waals surface area contributed by atoms with Crippen molar-refractivity contribution in [1.82, 2.24) is 4.98 Å². The van der Waals surface area contributed by atoms with Crippen LogP contribution in [0.3, 0.4) is 0 Å². The predicted molar refractivity (Wildman–Crippen MR) is 92.9 cm³/mol. The molecule has 0 saturated heterocycles. The Kier molecular flexibility index (Phi) is 5.81. The highest BCUT2D eigenvalue weighted by molar-refractivity contribution is 6.38. The van der Waals surface area contributed by atoms with Crippen molar-refractivity contribution in [2.75, 3.05) is 11.9 Å². The molecule has 1 aromatic carbocycles. The van der Waals surface area contributed by atoms with Gasteiger partial charge in [0.1, 0.15) is 0 Å². The van der Waals surface area contributed by atoms with E-state index >= 15 is 0 Å². The van der Waals surface area contributed by atoms with Gasteiger partial charge in [0.25, 0.3) is 0 Å². The number of alkyl halides is 2. The molecule has 1 aliphatic carbocycles. The highest BCUT2D eigenvalue weighted by Gasteiger charge is 2.23. The number of pyridine rings is 1. The highest BCUT2D eigenvalue weighted by atomic mass is 35.5. The minimum Gasteiger partial charge on any atom is -0.489 e. The Morgan fingerprint density at radius 1 is 1.16 bits per heavy atom. The molecule has 1 saturated carbocycles. The molecule has 0 atom stereocenters. The van der Waals surface area contributed by atoms with Crippen LogP contribution in [0, 0.1) is 5.92 Å². The van der Waals surface area contributed by atoms with Gasteiger partial charge in [-0.1, -0.05) is 29.3 Å². The molecular weight excluding hydrogens is 373 g/mol. The number of anilines is 1. The summed E-state index contributed by atoms with van der Waals surface area (Å²) in [5, 5.41) is 3.91. The van der Waals surface area contributed by atoms with Crippen molar-refractivity contribution in [2.24, 2.45) is 5.92 Å². The summed E-state index contributed by atoms with van der Waals surface area (Å²) in [5.41, 5.74) is 1.38. The van der Waals surface area contributed by atoms with E-state index in [2.05, 4.69) is 15.0 Å². The molecule has 0 spiro atoms. The second-order valence-electron chi connectivity index (χ2n) is 5.75. The first-order valence-electron chi connectivity index (χ1n) is 7.76. The van der Waals surface area contributed by atoms with Crippen LogP contribution in [0.25, 0.3) is 0 Å². The third-order valence-electron chi connectivity index (χ3n) is 3.72. The van der Waals surface area contributed by atoms with Gasteiger partial charge in [0.2, 0.25) is 0 Å². The van der Waals surface area contributed by atoms with Crippen LogP contribution in [0.5, 0.6) is 11.5 Å². The molecule has 134 valence electrons. The van der Waals surface area contributed by atoms with Crippen LogP contribution in [0.2, 0.25) is 10.0 Å². The number of hydrogen-bond acceptors (Lipinski definition) is 4. The van der Waals surface area contributed by atoms with Gasteiger partial charge in [0.15, 0.2) is 11.5 Å². The molecule has 0 bridgehead atoms. The Morgan fingerprint density at radius 3 is 2.52 bits per heavy atom. The van der Waals surface area contributed by atoms with Crippen molar-refractivity contribution in [3.8, 4) is 11.5 Å². The lowest BCUT2D eigenvalue weighted by Crippen LogP contribution is -2.07. The Morgan fingerprint density at radius 2 is 1.88 bits per heavy atom. The number of hydrogen-bond donors (Lipinski definition) is 1. The SMILES string of the molecule is FC(F)Oc1ccc(CNc2c(Cl)cncc2Cl)cc1OCC1CC1. The fraction of sp³-hybridized carbons (Fsp3) is 0.353. The molecule has 8 heteroatoms. The number of rotatable bonds is 8. The predicted octanol–water partition coefficient (Wildman–Crippen LogP) is 5.39. The monoisotopic (exact) mass is 388 g/mol. The van der Waals surface area contributed by atoms with E-state index in [9.17, 15) is 8.78 Å². The quantitative estimate of drug-likeness (QED) is 0.658. The van der Waals surface area contributed by atoms with E-state index in [0.29, 0.717) is 40.6 Å². The summed E-state index contributed by atoms with van der Waals surface area (Å²) in [4.78, 5) is 3.89. The summed E-state index contributed by atoms with van der Waals surface area (Å²) in [6.07, 6.45) is 5.18. The minimum atomic E-state index is -2.90. The van der Waals surface area contributed by atoms with Gasteiger partial charge in [-0.15, -0.1) is 0 Å². The summed E-state index contributed by atoms with van der Waals surface area (Å²) in [5.74, 6) is 0.827. The molecule has 3 rings (SSSR count). The molecule has 4 nitrogen and oxygen atoms in total. The van der Waals surface area contributed by atoms with Crippen molar-refractivity contribution >= 4 is 28.9 Å². The maximum Gasteiger partial charge on any atom is 0.387 e. The largest absolute Gasteiger partial charge is 0.489 e. The van der Waals surface area contributed by atoms with E-state index < -0.39 is 6.61 Å². The molecule has 1 aliphatic rings. The van der Waals surface area contributed by atoms with E-state index in [4.69, 9.17) is 27.9 Å². The molecular formula is C17H16Cl2F2N2O2. The fourth-order valence-electron chi connectivity index (χ4n) is 2.23. The van der Waals surface area contributed by atoms with Crippen LogP contribution in [-0.4, -0.2) is 18.2 Å². The molecule has 1 heterocycles. The molecule has 1 aromatic heterocycles. The van der Waals surface area contributed by atoms with E-state index in [-0.39, 0.29) is 5.75 Å². The minimum absolute atomic E-state index is 0.0272. The van der Waals surface area contributed by atoms with Crippen molar-refractivity contribution in [2.45, 2.75) is 26.0 Å². The van der Waals surface area contributed by atoms with Crippen LogP contribution in [0.1, 0.15) is 18.4 Å². The van der Waals surface area contributed by atoms with Crippen molar-refractivity contribution < 1.29 is 18.3 Å². The van der Waals surface area contributed by atoms with Crippen LogP contribution >= 0.6 is 23.2 Å². The highest BCUT2D eigenvalue weighted by Crippen LogP contribution is 2.35. The van der Waals surface area contributed by atoms with Gasteiger partial charge in [0.05, 0.1) is 22.3 Å². The molecule has 0 aliphatic heterocycles. The first-order valence-corrected chi connectivity index (χ1v) is 8.52. The lowest BCUT2D eigenvalue weighted by Gasteiger charge is -2.15. The maximum absolute atomic E-state index is 12.5. The van der Waals surface area contributed by atoms with Crippen molar-refractivity contribution in [3.63, 3.8) is 0 Å². The molecule has 25 heavy (non-hydrogen) atoms. The van der Waals surface area contributed by atoms with Crippen LogP contribution in [-0.2, 0) is 6.54 Å². The summed E-state index contributed by atoms with van der Waals surface area (Å²) in [6, 6.07) is 4.83. The summed E-state index contributed by atoms with van der Waals surface area (Å²) in [7, 11) is 0. The van der Waals surface area contributed by atoms with Gasteiger partial charge < -0.3 is 14.8 Å². The normalized spacial score (nSPS) is 13.8. The molecule has 0 radical (unpaired) electrons. The number of halogens is 4. The second-order valence-corrected chi connectivity index (χ2v) is 6.56. The Labute approximate surface area is 154 Å². The van der Waals surface area contributed by atoms with E-state index in [1.807, 2.05) is 0 Å². The van der Waals surface area contributed by atoms with Crippen molar-refractivity contribution in [1.29, 1.82) is 0 Å². The van der Waals surface area contributed by atoms with Crippen LogP contribution < -0.4 is 14.8 Å². The van der Waals surface area contributed by atoms with Gasteiger partial charge in [0, 0.05) is 18.9 Å². The van der Waals surface area contributed by atoms with Gasteiger partial charge in [-0.3, -0.25) is 4.98 Å². The molecule has 1 N–H and O–H groups in total. The lowest BCUT2D eigenvalue weighted by molar-refractivity contribution is -0.0515. The Balaban J connectivity index is 1.73. The molecule has 0 unspecified atom stereocenters. The topological polar surface area (TPSA) is 43.4 Å². The smallest absolute Gasteiger partial charge is 0.387 e. The van der Waals surface area contributed by atoms with E-state index in [1.54, 1.807) is 12.1 Å². The van der Waals surface area contributed by atoms with Crippen LogP contribution in [0.4, 0.5) is 14.5 Å². The van der Waals surface area contributed by atoms with E-state index in [0.717, 1.165) is 18.4 Å². The molecule has 1 fully saturated rings. The van der Waals surface area contributed by atoms with Crippen LogP contribution in [0.15, 0.2) is 30.6 Å². The summed E-state index contributed by atoms with van der Waals surface area (Å²) in [6.45, 7) is -2.02. The second kappa shape index (κ2) is 8.06. The van der Waals surface area contributed by atoms with Gasteiger partial charge in [-0.05, 0) is 36.5 Å². The third-order valence-corrected chi connectivity index (χ3v) is 4.29. The van der Waals surface area contributed by atoms with Gasteiger partial charge in [-0.2, -0.15) is 8.78 Å². The number of aromatic nitrogens is 1. The zero-order valence-corrected chi connectivity index (χ0v) is 14.7. The first kappa shape index (κ1) is 18.0. The van der Waals surface area contributed by atoms with Gasteiger partial charge >= 0.3 is 6.61 Å². The van der Waals surface area contributed by atoms with Crippen molar-refractivity contribution in [3.05, 3.63) is 46.2 Å². The number of benzene rings is 1. The molecule has 2 aromatic rings. The zero-order chi connectivity index (χ0) is 17.8. The van der Waals surface area contributed by atoms with Gasteiger partial charge in [-0.25, -0.2) is 0 Å². The Hall–Kier alpha value is -1.79. The Bertz CT molecular complexity index is 722. The van der Waals surface area contributed by atoms with E-state index in [1.165, 1.54) is 18.5 Å². The average molecular weight is 389 g/mol. The zero-order valence-electron chi connectivity index (χ0n) is 13.1.